The molecule has 0 bridgehead atoms. The summed E-state index contributed by atoms with van der Waals surface area (Å²) < 4.78 is 0. The lowest BCUT2D eigenvalue weighted by molar-refractivity contribution is 0.337. The van der Waals surface area contributed by atoms with Gasteiger partial charge in [-0.05, 0) is 43.1 Å². The quantitative estimate of drug-likeness (QED) is 0.621. The zero-order valence-electron chi connectivity index (χ0n) is 9.10. The van der Waals surface area contributed by atoms with Crippen molar-refractivity contribution in [3.8, 4) is 0 Å². The fourth-order valence-corrected chi connectivity index (χ4v) is 2.17. The summed E-state index contributed by atoms with van der Waals surface area (Å²) in [6.45, 7) is 7.28. The molecule has 0 aromatic heterocycles. The minimum absolute atomic E-state index is 0.698. The van der Waals surface area contributed by atoms with E-state index in [4.69, 9.17) is 0 Å². The van der Waals surface area contributed by atoms with Crippen molar-refractivity contribution in [2.45, 2.75) is 46.0 Å². The molecule has 2 saturated carbocycles. The van der Waals surface area contributed by atoms with Crippen molar-refractivity contribution in [3.05, 3.63) is 0 Å². The molecule has 1 nitrogen and oxygen atoms in total. The Bertz CT molecular complexity index is 166. The molecule has 0 aromatic rings. The smallest absolute Gasteiger partial charge is 0.00103 e. The third-order valence-electron chi connectivity index (χ3n) is 4.02. The molecule has 1 heteroatoms. The van der Waals surface area contributed by atoms with Gasteiger partial charge in [0.25, 0.3) is 0 Å². The fourth-order valence-electron chi connectivity index (χ4n) is 2.17. The lowest BCUT2D eigenvalue weighted by atomic mass is 9.92. The molecule has 0 saturated heterocycles. The van der Waals surface area contributed by atoms with Gasteiger partial charge in [-0.25, -0.2) is 0 Å². The minimum Gasteiger partial charge on any atom is -0.316 e. The molecule has 0 atom stereocenters. The lowest BCUT2D eigenvalue weighted by Gasteiger charge is -2.19. The summed E-state index contributed by atoms with van der Waals surface area (Å²) in [5.41, 5.74) is 0.698. The molecule has 0 heterocycles. The van der Waals surface area contributed by atoms with Gasteiger partial charge in [0, 0.05) is 6.54 Å². The number of hydrogen-bond acceptors (Lipinski definition) is 1. The van der Waals surface area contributed by atoms with Crippen LogP contribution in [0.5, 0.6) is 0 Å². The highest BCUT2D eigenvalue weighted by molar-refractivity contribution is 4.97. The van der Waals surface area contributed by atoms with Crippen molar-refractivity contribution in [2.75, 3.05) is 13.1 Å². The molecule has 0 radical (unpaired) electrons. The van der Waals surface area contributed by atoms with Crippen LogP contribution in [0.2, 0.25) is 0 Å². The van der Waals surface area contributed by atoms with E-state index in [1.165, 1.54) is 45.2 Å². The van der Waals surface area contributed by atoms with Crippen molar-refractivity contribution in [2.24, 2.45) is 17.3 Å². The Hall–Kier alpha value is -0.0400. The van der Waals surface area contributed by atoms with E-state index < -0.39 is 0 Å². The third-order valence-corrected chi connectivity index (χ3v) is 4.02. The Kier molecular flexibility index (Phi) is 2.64. The predicted molar refractivity (Wildman–Crippen MR) is 56.7 cm³/mol. The van der Waals surface area contributed by atoms with Gasteiger partial charge in [0.05, 0.1) is 0 Å². The van der Waals surface area contributed by atoms with E-state index in [0.717, 1.165) is 11.8 Å². The minimum atomic E-state index is 0.698. The number of rotatable bonds is 6. The zero-order chi connectivity index (χ0) is 9.31. The van der Waals surface area contributed by atoms with Crippen LogP contribution in [0, 0.1) is 17.3 Å². The first-order chi connectivity index (χ1) is 6.23. The van der Waals surface area contributed by atoms with Crippen LogP contribution in [-0.2, 0) is 0 Å². The van der Waals surface area contributed by atoms with Gasteiger partial charge in [0.1, 0.15) is 0 Å². The summed E-state index contributed by atoms with van der Waals surface area (Å²) in [5, 5.41) is 3.64. The Morgan fingerprint density at radius 2 is 2.00 bits per heavy atom. The Morgan fingerprint density at radius 3 is 2.46 bits per heavy atom. The molecule has 0 aromatic carbocycles. The molecular weight excluding hydrogens is 158 g/mol. The van der Waals surface area contributed by atoms with Crippen molar-refractivity contribution < 1.29 is 0 Å². The van der Waals surface area contributed by atoms with Crippen LogP contribution >= 0.6 is 0 Å². The number of nitrogens with one attached hydrogen (secondary N) is 1. The van der Waals surface area contributed by atoms with Gasteiger partial charge in [-0.1, -0.05) is 26.7 Å². The van der Waals surface area contributed by atoms with E-state index in [-0.39, 0.29) is 0 Å². The SMILES string of the molecule is CC(C)C1(CNCCC2CC2)CC1. The van der Waals surface area contributed by atoms with Crippen LogP contribution in [0.3, 0.4) is 0 Å². The van der Waals surface area contributed by atoms with Gasteiger partial charge in [-0.2, -0.15) is 0 Å². The summed E-state index contributed by atoms with van der Waals surface area (Å²) in [5.74, 6) is 1.96. The standard InChI is InChI=1S/C12H23N/c1-10(2)12(6-7-12)9-13-8-5-11-3-4-11/h10-11,13H,3-9H2,1-2H3. The Balaban J connectivity index is 1.56. The van der Waals surface area contributed by atoms with Crippen molar-refractivity contribution in [1.82, 2.24) is 5.32 Å². The highest BCUT2D eigenvalue weighted by Crippen LogP contribution is 2.51. The molecule has 2 rings (SSSR count). The molecule has 0 amide bonds. The first kappa shape index (κ1) is 9.51. The average Bonchev–Trinajstić information content (AvgIpc) is 2.95. The van der Waals surface area contributed by atoms with Gasteiger partial charge in [-0.15, -0.1) is 0 Å². The third kappa shape index (κ3) is 2.46. The van der Waals surface area contributed by atoms with Crippen LogP contribution in [0.15, 0.2) is 0 Å². The lowest BCUT2D eigenvalue weighted by Crippen LogP contribution is -2.28. The number of hydrogen-bond donors (Lipinski definition) is 1. The van der Waals surface area contributed by atoms with Crippen LogP contribution in [0.25, 0.3) is 0 Å². The fraction of sp³-hybridized carbons (Fsp3) is 1.00. The molecule has 0 aliphatic heterocycles. The first-order valence-corrected chi connectivity index (χ1v) is 5.94. The second-order valence-electron chi connectivity index (χ2n) is 5.43. The molecular formula is C12H23N. The van der Waals surface area contributed by atoms with E-state index in [1.807, 2.05) is 0 Å². The summed E-state index contributed by atoms with van der Waals surface area (Å²) in [7, 11) is 0. The summed E-state index contributed by atoms with van der Waals surface area (Å²) in [6.07, 6.45) is 7.34. The van der Waals surface area contributed by atoms with E-state index >= 15 is 0 Å². The first-order valence-electron chi connectivity index (χ1n) is 5.94. The molecule has 2 aliphatic carbocycles. The Morgan fingerprint density at radius 1 is 1.31 bits per heavy atom. The second-order valence-corrected chi connectivity index (χ2v) is 5.43. The molecule has 2 aliphatic rings. The maximum atomic E-state index is 3.64. The van der Waals surface area contributed by atoms with Crippen LogP contribution in [0.1, 0.15) is 46.0 Å². The van der Waals surface area contributed by atoms with Crippen molar-refractivity contribution in [1.29, 1.82) is 0 Å². The van der Waals surface area contributed by atoms with Crippen molar-refractivity contribution in [3.63, 3.8) is 0 Å². The molecule has 76 valence electrons. The maximum absolute atomic E-state index is 3.64. The topological polar surface area (TPSA) is 12.0 Å². The van der Waals surface area contributed by atoms with Crippen LogP contribution in [-0.4, -0.2) is 13.1 Å². The highest BCUT2D eigenvalue weighted by Gasteiger charge is 2.44. The van der Waals surface area contributed by atoms with Crippen LogP contribution in [0.4, 0.5) is 0 Å². The van der Waals surface area contributed by atoms with E-state index in [0.29, 0.717) is 5.41 Å². The molecule has 0 spiro atoms. The maximum Gasteiger partial charge on any atom is 0.00103 e. The average molecular weight is 181 g/mol. The van der Waals surface area contributed by atoms with Gasteiger partial charge >= 0.3 is 0 Å². The monoisotopic (exact) mass is 181 g/mol. The van der Waals surface area contributed by atoms with Gasteiger partial charge in [0.2, 0.25) is 0 Å². The highest BCUT2D eigenvalue weighted by atomic mass is 14.9. The van der Waals surface area contributed by atoms with Gasteiger partial charge in [-0.3, -0.25) is 0 Å². The predicted octanol–water partition coefficient (Wildman–Crippen LogP) is 2.81. The van der Waals surface area contributed by atoms with E-state index in [2.05, 4.69) is 19.2 Å². The summed E-state index contributed by atoms with van der Waals surface area (Å²) in [6, 6.07) is 0. The second kappa shape index (κ2) is 3.61. The summed E-state index contributed by atoms with van der Waals surface area (Å²) >= 11 is 0. The normalized spacial score (nSPS) is 25.2. The van der Waals surface area contributed by atoms with Crippen molar-refractivity contribution >= 4 is 0 Å². The molecule has 13 heavy (non-hydrogen) atoms. The summed E-state index contributed by atoms with van der Waals surface area (Å²) in [4.78, 5) is 0. The molecule has 2 fully saturated rings. The zero-order valence-corrected chi connectivity index (χ0v) is 9.10. The van der Waals surface area contributed by atoms with Gasteiger partial charge < -0.3 is 5.32 Å². The Labute approximate surface area is 82.3 Å². The molecule has 0 unspecified atom stereocenters. The van der Waals surface area contributed by atoms with Gasteiger partial charge in [0.15, 0.2) is 0 Å². The van der Waals surface area contributed by atoms with E-state index in [1.54, 1.807) is 0 Å². The largest absolute Gasteiger partial charge is 0.316 e. The van der Waals surface area contributed by atoms with E-state index in [9.17, 15) is 0 Å². The molecule has 1 N–H and O–H groups in total. The van der Waals surface area contributed by atoms with Crippen LogP contribution < -0.4 is 5.32 Å².